The van der Waals surface area contributed by atoms with Crippen LogP contribution in [0.25, 0.3) is 0 Å². The zero-order valence-electron chi connectivity index (χ0n) is 12.3. The molecule has 4 N–H and O–H groups in total. The predicted molar refractivity (Wildman–Crippen MR) is 80.4 cm³/mol. The molecule has 1 unspecified atom stereocenters. The zero-order chi connectivity index (χ0) is 16.0. The van der Waals surface area contributed by atoms with E-state index in [4.69, 9.17) is 10.5 Å². The van der Waals surface area contributed by atoms with Crippen molar-refractivity contribution in [3.05, 3.63) is 24.3 Å². The second-order valence-corrected chi connectivity index (χ2v) is 6.57. The van der Waals surface area contributed by atoms with Crippen molar-refractivity contribution < 1.29 is 17.9 Å². The molecule has 0 bridgehead atoms. The van der Waals surface area contributed by atoms with E-state index < -0.39 is 22.0 Å². The van der Waals surface area contributed by atoms with E-state index in [9.17, 15) is 13.2 Å². The molecule has 21 heavy (non-hydrogen) atoms. The fraction of sp³-hybridized carbons (Fsp3) is 0.462. The summed E-state index contributed by atoms with van der Waals surface area (Å²) in [5.74, 6) is -0.396. The van der Waals surface area contributed by atoms with Gasteiger partial charge in [-0.05, 0) is 38.1 Å². The molecule has 1 aromatic carbocycles. The predicted octanol–water partition coefficient (Wildman–Crippen LogP) is 0.286. The minimum atomic E-state index is -3.54. The number of hydrogen-bond donors (Lipinski definition) is 3. The summed E-state index contributed by atoms with van der Waals surface area (Å²) in [6.07, 6.45) is 0. The molecule has 0 spiro atoms. The van der Waals surface area contributed by atoms with Crippen molar-refractivity contribution in [1.29, 1.82) is 0 Å². The van der Waals surface area contributed by atoms with Gasteiger partial charge in [0.25, 0.3) is 0 Å². The smallest absolute Gasteiger partial charge is 0.243 e. The highest BCUT2D eigenvalue weighted by atomic mass is 32.2. The Morgan fingerprint density at radius 2 is 1.86 bits per heavy atom. The molecule has 0 fully saturated rings. The van der Waals surface area contributed by atoms with Crippen molar-refractivity contribution in [3.63, 3.8) is 0 Å². The van der Waals surface area contributed by atoms with Crippen LogP contribution in [-0.4, -0.2) is 40.1 Å². The third-order valence-corrected chi connectivity index (χ3v) is 4.18. The lowest BCUT2D eigenvalue weighted by Crippen LogP contribution is -2.39. The third-order valence-electron chi connectivity index (χ3n) is 2.51. The number of ether oxygens (including phenoxy) is 1. The number of benzene rings is 1. The van der Waals surface area contributed by atoms with Crippen LogP contribution in [0.3, 0.4) is 0 Å². The number of anilines is 1. The summed E-state index contributed by atoms with van der Waals surface area (Å²) in [6.45, 7) is 3.59. The molecular formula is C13H21N3O4S. The first-order valence-corrected chi connectivity index (χ1v) is 7.92. The quantitative estimate of drug-likeness (QED) is 0.669. The van der Waals surface area contributed by atoms with E-state index in [0.717, 1.165) is 0 Å². The van der Waals surface area contributed by atoms with Crippen LogP contribution in [-0.2, 0) is 19.6 Å². The van der Waals surface area contributed by atoms with Gasteiger partial charge in [-0.15, -0.1) is 0 Å². The lowest BCUT2D eigenvalue weighted by molar-refractivity contribution is -0.118. The van der Waals surface area contributed by atoms with Gasteiger partial charge in [-0.25, -0.2) is 13.1 Å². The van der Waals surface area contributed by atoms with E-state index in [2.05, 4.69) is 10.0 Å². The SMILES string of the molecule is COCC(N)C(=O)Nc1ccc(S(=O)(=O)NC(C)C)cc1. The van der Waals surface area contributed by atoms with Gasteiger partial charge in [-0.1, -0.05) is 0 Å². The highest BCUT2D eigenvalue weighted by Crippen LogP contribution is 2.14. The van der Waals surface area contributed by atoms with Gasteiger partial charge in [0, 0.05) is 18.8 Å². The molecule has 0 saturated heterocycles. The Kier molecular flexibility index (Phi) is 6.28. The van der Waals surface area contributed by atoms with Gasteiger partial charge in [0.1, 0.15) is 6.04 Å². The summed E-state index contributed by atoms with van der Waals surface area (Å²) >= 11 is 0. The van der Waals surface area contributed by atoms with Crippen molar-refractivity contribution in [2.45, 2.75) is 30.8 Å². The molecule has 7 nitrogen and oxygen atoms in total. The normalized spacial score (nSPS) is 13.2. The molecule has 0 aromatic heterocycles. The summed E-state index contributed by atoms with van der Waals surface area (Å²) in [5.41, 5.74) is 6.05. The summed E-state index contributed by atoms with van der Waals surface area (Å²) in [7, 11) is -2.08. The van der Waals surface area contributed by atoms with Crippen LogP contribution < -0.4 is 15.8 Å². The molecule has 8 heteroatoms. The number of amides is 1. The molecular weight excluding hydrogens is 294 g/mol. The Morgan fingerprint density at radius 3 is 2.33 bits per heavy atom. The third kappa shape index (κ3) is 5.43. The van der Waals surface area contributed by atoms with Crippen LogP contribution in [0.4, 0.5) is 5.69 Å². The molecule has 1 rings (SSSR count). The highest BCUT2D eigenvalue weighted by molar-refractivity contribution is 7.89. The topological polar surface area (TPSA) is 111 Å². The van der Waals surface area contributed by atoms with Crippen molar-refractivity contribution in [2.75, 3.05) is 19.0 Å². The number of sulfonamides is 1. The number of rotatable bonds is 7. The summed E-state index contributed by atoms with van der Waals surface area (Å²) < 4.78 is 31.1. The molecule has 0 radical (unpaired) electrons. The number of hydrogen-bond acceptors (Lipinski definition) is 5. The second kappa shape index (κ2) is 7.51. The Balaban J connectivity index is 2.77. The van der Waals surface area contributed by atoms with Crippen molar-refractivity contribution in [3.8, 4) is 0 Å². The molecule has 1 aromatic rings. The van der Waals surface area contributed by atoms with Crippen molar-refractivity contribution >= 4 is 21.6 Å². The first kappa shape index (κ1) is 17.6. The minimum absolute atomic E-state index is 0.108. The molecule has 0 aliphatic heterocycles. The fourth-order valence-corrected chi connectivity index (χ4v) is 2.84. The maximum atomic E-state index is 11.9. The Hall–Kier alpha value is -1.48. The fourth-order valence-electron chi connectivity index (χ4n) is 1.59. The molecule has 0 saturated carbocycles. The van der Waals surface area contributed by atoms with Crippen LogP contribution >= 0.6 is 0 Å². The van der Waals surface area contributed by atoms with Gasteiger partial charge in [-0.2, -0.15) is 0 Å². The average molecular weight is 315 g/mol. The van der Waals surface area contributed by atoms with Crippen molar-refractivity contribution in [1.82, 2.24) is 4.72 Å². The van der Waals surface area contributed by atoms with Crippen LogP contribution in [0.1, 0.15) is 13.8 Å². The van der Waals surface area contributed by atoms with Gasteiger partial charge in [-0.3, -0.25) is 4.79 Å². The van der Waals surface area contributed by atoms with E-state index in [0.29, 0.717) is 5.69 Å². The molecule has 0 aliphatic rings. The summed E-state index contributed by atoms with van der Waals surface area (Å²) in [4.78, 5) is 11.8. The average Bonchev–Trinajstić information content (AvgIpc) is 2.38. The summed E-state index contributed by atoms with van der Waals surface area (Å²) in [5, 5.41) is 2.59. The van der Waals surface area contributed by atoms with E-state index in [1.54, 1.807) is 13.8 Å². The molecule has 1 amide bonds. The largest absolute Gasteiger partial charge is 0.383 e. The number of nitrogens with one attached hydrogen (secondary N) is 2. The van der Waals surface area contributed by atoms with Gasteiger partial charge >= 0.3 is 0 Å². The number of carbonyl (C=O) groups excluding carboxylic acids is 1. The Morgan fingerprint density at radius 1 is 1.29 bits per heavy atom. The maximum Gasteiger partial charge on any atom is 0.243 e. The monoisotopic (exact) mass is 315 g/mol. The first-order valence-electron chi connectivity index (χ1n) is 6.44. The zero-order valence-corrected chi connectivity index (χ0v) is 13.1. The van der Waals surface area contributed by atoms with Gasteiger partial charge in [0.2, 0.25) is 15.9 Å². The van der Waals surface area contributed by atoms with E-state index in [1.165, 1.54) is 31.4 Å². The molecule has 0 heterocycles. The van der Waals surface area contributed by atoms with Crippen LogP contribution in [0.2, 0.25) is 0 Å². The molecule has 1 atom stereocenters. The highest BCUT2D eigenvalue weighted by Gasteiger charge is 2.16. The number of methoxy groups -OCH3 is 1. The van der Waals surface area contributed by atoms with E-state index >= 15 is 0 Å². The molecule has 0 aliphatic carbocycles. The number of nitrogens with two attached hydrogens (primary N) is 1. The first-order chi connectivity index (χ1) is 9.76. The van der Waals surface area contributed by atoms with Crippen LogP contribution in [0, 0.1) is 0 Å². The Bertz CT molecular complexity index is 570. The van der Waals surface area contributed by atoms with E-state index in [1.807, 2.05) is 0 Å². The minimum Gasteiger partial charge on any atom is -0.383 e. The van der Waals surface area contributed by atoms with Gasteiger partial charge in [0.15, 0.2) is 0 Å². The molecule has 118 valence electrons. The van der Waals surface area contributed by atoms with Crippen molar-refractivity contribution in [2.24, 2.45) is 5.73 Å². The van der Waals surface area contributed by atoms with Gasteiger partial charge < -0.3 is 15.8 Å². The standard InChI is InChI=1S/C13H21N3O4S/c1-9(2)16-21(18,19)11-6-4-10(5-7-11)15-13(17)12(14)8-20-3/h4-7,9,12,16H,8,14H2,1-3H3,(H,15,17). The number of carbonyl (C=O) groups is 1. The van der Waals surface area contributed by atoms with Crippen LogP contribution in [0.15, 0.2) is 29.2 Å². The van der Waals surface area contributed by atoms with Gasteiger partial charge in [0.05, 0.1) is 11.5 Å². The summed E-state index contributed by atoms with van der Waals surface area (Å²) in [6, 6.07) is 4.88. The maximum absolute atomic E-state index is 11.9. The van der Waals surface area contributed by atoms with Crippen LogP contribution in [0.5, 0.6) is 0 Å². The lowest BCUT2D eigenvalue weighted by atomic mass is 10.2. The Labute approximate surface area is 124 Å². The van der Waals surface area contributed by atoms with E-state index in [-0.39, 0.29) is 17.5 Å². The lowest BCUT2D eigenvalue weighted by Gasteiger charge is -2.12. The second-order valence-electron chi connectivity index (χ2n) is 4.85.